The van der Waals surface area contributed by atoms with Crippen LogP contribution in [0.25, 0.3) is 4.91 Å². The lowest BCUT2D eigenvalue weighted by Crippen LogP contribution is -2.54. The highest BCUT2D eigenvalue weighted by molar-refractivity contribution is 8.07. The SMILES string of the molecule is C=N/C=C(\SC)c1ccccc1C(N)=O.CCNC.CCNS(=O)C1(C(N)=O)CCOCC1. The Morgan fingerprint density at radius 3 is 2.15 bits per heavy atom. The summed E-state index contributed by atoms with van der Waals surface area (Å²) in [6.45, 7) is 9.82. The Labute approximate surface area is 203 Å². The lowest BCUT2D eigenvalue weighted by Gasteiger charge is -2.32. The maximum atomic E-state index is 11.8. The molecule has 0 aromatic heterocycles. The molecule has 0 radical (unpaired) electrons. The van der Waals surface area contributed by atoms with Crippen molar-refractivity contribution in [3.8, 4) is 0 Å². The smallest absolute Gasteiger partial charge is 0.249 e. The fraction of sp³-hybridized carbons (Fsp3) is 0.500. The van der Waals surface area contributed by atoms with Crippen molar-refractivity contribution in [1.29, 1.82) is 0 Å². The van der Waals surface area contributed by atoms with Gasteiger partial charge in [0.15, 0.2) is 0 Å². The second-order valence-corrected chi connectivity index (χ2v) is 9.19. The van der Waals surface area contributed by atoms with Gasteiger partial charge in [0.1, 0.15) is 15.7 Å². The number of amides is 2. The van der Waals surface area contributed by atoms with Crippen LogP contribution in [0.3, 0.4) is 0 Å². The van der Waals surface area contributed by atoms with Gasteiger partial charge in [0.2, 0.25) is 11.8 Å². The quantitative estimate of drug-likeness (QED) is 0.380. The third-order valence-corrected chi connectivity index (χ3v) is 7.26. The molecule has 1 aromatic carbocycles. The Morgan fingerprint density at radius 1 is 1.21 bits per heavy atom. The maximum Gasteiger partial charge on any atom is 0.249 e. The number of carbonyl (C=O) groups excluding carboxylic acids is 2. The van der Waals surface area contributed by atoms with Crippen molar-refractivity contribution in [3.05, 3.63) is 41.6 Å². The zero-order valence-corrected chi connectivity index (χ0v) is 21.5. The van der Waals surface area contributed by atoms with E-state index in [-0.39, 0.29) is 0 Å². The summed E-state index contributed by atoms with van der Waals surface area (Å²) >= 11 is 1.50. The average Bonchev–Trinajstić information content (AvgIpc) is 2.83. The summed E-state index contributed by atoms with van der Waals surface area (Å²) in [6.07, 6.45) is 4.39. The summed E-state index contributed by atoms with van der Waals surface area (Å²) in [7, 11) is 0.531. The highest BCUT2D eigenvalue weighted by Gasteiger charge is 2.44. The first kappa shape index (κ1) is 30.9. The van der Waals surface area contributed by atoms with E-state index in [9.17, 15) is 13.8 Å². The van der Waals surface area contributed by atoms with Crippen molar-refractivity contribution in [3.63, 3.8) is 0 Å². The Hall–Kier alpha value is -2.05. The summed E-state index contributed by atoms with van der Waals surface area (Å²) in [6, 6.07) is 7.18. The zero-order valence-electron chi connectivity index (χ0n) is 19.9. The topological polar surface area (TPSA) is 149 Å². The lowest BCUT2D eigenvalue weighted by atomic mass is 9.98. The molecule has 6 N–H and O–H groups in total. The molecule has 9 nitrogen and oxygen atoms in total. The number of ether oxygens (including phenoxy) is 1. The predicted octanol–water partition coefficient (Wildman–Crippen LogP) is 1.67. The van der Waals surface area contributed by atoms with Crippen LogP contribution in [0.5, 0.6) is 0 Å². The highest BCUT2D eigenvalue weighted by Crippen LogP contribution is 2.28. The van der Waals surface area contributed by atoms with E-state index in [2.05, 4.69) is 28.7 Å². The maximum absolute atomic E-state index is 11.8. The van der Waals surface area contributed by atoms with Gasteiger partial charge in [-0.05, 0) is 45.5 Å². The molecule has 1 atom stereocenters. The van der Waals surface area contributed by atoms with Gasteiger partial charge in [0.25, 0.3) is 0 Å². The molecular weight excluding hydrogens is 462 g/mol. The molecule has 1 unspecified atom stereocenters. The van der Waals surface area contributed by atoms with Crippen molar-refractivity contribution < 1.29 is 18.5 Å². The minimum absolute atomic E-state index is 0.432. The molecule has 0 bridgehead atoms. The van der Waals surface area contributed by atoms with Gasteiger partial charge in [-0.15, -0.1) is 11.8 Å². The number of hydrogen-bond donors (Lipinski definition) is 4. The number of nitrogens with two attached hydrogens (primary N) is 2. The van der Waals surface area contributed by atoms with Crippen molar-refractivity contribution in [2.45, 2.75) is 31.4 Å². The molecule has 1 fully saturated rings. The standard InChI is InChI=1S/C11H12N2OS.C8H16N2O3S.C3H9N/c1-13-7-10(15-2)8-5-3-4-6-9(8)11(12)14;1-2-10-14(12)8(7(9)11)3-5-13-6-4-8;1-3-4-2/h3-7H,1H2,2H3,(H2,12,14);10H,2-6H2,1H3,(H2,9,11);4H,3H2,1-2H3/b10-7-;;. The van der Waals surface area contributed by atoms with Crippen LogP contribution in [-0.4, -0.2) is 67.1 Å². The third-order valence-electron chi connectivity index (χ3n) is 4.62. The molecule has 186 valence electrons. The number of thioether (sulfide) groups is 1. The van der Waals surface area contributed by atoms with E-state index in [1.54, 1.807) is 18.3 Å². The Kier molecular flexibility index (Phi) is 16.3. The molecule has 33 heavy (non-hydrogen) atoms. The first-order chi connectivity index (χ1) is 15.7. The van der Waals surface area contributed by atoms with Gasteiger partial charge in [-0.25, -0.2) is 8.93 Å². The Bertz CT molecular complexity index is 810. The van der Waals surface area contributed by atoms with Gasteiger partial charge in [-0.3, -0.25) is 14.6 Å². The molecule has 0 spiro atoms. The molecule has 2 rings (SSSR count). The zero-order chi connectivity index (χ0) is 25.3. The third kappa shape index (κ3) is 10.2. The van der Waals surface area contributed by atoms with Gasteiger partial charge in [0, 0.05) is 42.0 Å². The van der Waals surface area contributed by atoms with E-state index in [0.29, 0.717) is 38.2 Å². The second kappa shape index (κ2) is 17.4. The molecule has 1 aliphatic rings. The van der Waals surface area contributed by atoms with Crippen molar-refractivity contribution in [2.75, 3.05) is 39.6 Å². The van der Waals surface area contributed by atoms with Gasteiger partial charge in [0.05, 0.1) is 0 Å². The number of hydrogen-bond acceptors (Lipinski definition) is 7. The van der Waals surface area contributed by atoms with E-state index >= 15 is 0 Å². The van der Waals surface area contributed by atoms with E-state index in [4.69, 9.17) is 16.2 Å². The van der Waals surface area contributed by atoms with Crippen LogP contribution in [0.4, 0.5) is 0 Å². The molecule has 1 saturated heterocycles. The number of aliphatic imine (C=N–C) groups is 1. The van der Waals surface area contributed by atoms with E-state index < -0.39 is 27.5 Å². The first-order valence-electron chi connectivity index (χ1n) is 10.5. The van der Waals surface area contributed by atoms with Crippen LogP contribution in [0.2, 0.25) is 0 Å². The number of rotatable bonds is 9. The van der Waals surface area contributed by atoms with Crippen LogP contribution < -0.4 is 21.5 Å². The highest BCUT2D eigenvalue weighted by atomic mass is 32.2. The molecule has 1 aromatic rings. The molecule has 0 aliphatic carbocycles. The molecular formula is C22H37N5O4S2. The average molecular weight is 500 g/mol. The Balaban J connectivity index is 0.000000536. The normalized spacial score (nSPS) is 15.7. The van der Waals surface area contributed by atoms with E-state index in [1.165, 1.54) is 11.8 Å². The number of benzene rings is 1. The fourth-order valence-corrected chi connectivity index (χ4v) is 4.56. The largest absolute Gasteiger partial charge is 0.381 e. The summed E-state index contributed by atoms with van der Waals surface area (Å²) in [5.74, 6) is -0.935. The molecule has 11 heteroatoms. The van der Waals surface area contributed by atoms with Gasteiger partial charge in [-0.1, -0.05) is 32.0 Å². The summed E-state index contributed by atoms with van der Waals surface area (Å²) in [5.41, 5.74) is 11.9. The second-order valence-electron chi connectivity index (χ2n) is 6.73. The van der Waals surface area contributed by atoms with Gasteiger partial charge in [-0.2, -0.15) is 0 Å². The van der Waals surface area contributed by atoms with Crippen LogP contribution in [0.15, 0.2) is 35.5 Å². The predicted molar refractivity (Wildman–Crippen MR) is 139 cm³/mol. The molecule has 2 amide bonds. The van der Waals surface area contributed by atoms with Crippen LogP contribution >= 0.6 is 11.8 Å². The monoisotopic (exact) mass is 499 g/mol. The summed E-state index contributed by atoms with van der Waals surface area (Å²) in [5, 5.41) is 2.93. The molecule has 0 saturated carbocycles. The summed E-state index contributed by atoms with van der Waals surface area (Å²) in [4.78, 5) is 27.1. The summed E-state index contributed by atoms with van der Waals surface area (Å²) < 4.78 is 18.8. The van der Waals surface area contributed by atoms with E-state index in [1.807, 2.05) is 32.4 Å². The number of nitrogens with zero attached hydrogens (tertiary/aromatic N) is 1. The minimum atomic E-state index is -1.40. The van der Waals surface area contributed by atoms with Crippen LogP contribution in [-0.2, 0) is 20.5 Å². The van der Waals surface area contributed by atoms with Crippen molar-refractivity contribution in [1.82, 2.24) is 10.0 Å². The minimum Gasteiger partial charge on any atom is -0.381 e. The number of primary amides is 2. The fourth-order valence-electron chi connectivity index (χ4n) is 2.72. The molecule has 1 aliphatic heterocycles. The van der Waals surface area contributed by atoms with Crippen LogP contribution in [0, 0.1) is 0 Å². The lowest BCUT2D eigenvalue weighted by molar-refractivity contribution is -0.122. The first-order valence-corrected chi connectivity index (χ1v) is 12.9. The van der Waals surface area contributed by atoms with Crippen molar-refractivity contribution in [2.24, 2.45) is 16.5 Å². The van der Waals surface area contributed by atoms with E-state index in [0.717, 1.165) is 17.0 Å². The van der Waals surface area contributed by atoms with Gasteiger partial charge < -0.3 is 21.5 Å². The number of carbonyl (C=O) groups is 2. The number of nitrogens with one attached hydrogen (secondary N) is 2. The van der Waals surface area contributed by atoms with Gasteiger partial charge >= 0.3 is 0 Å². The van der Waals surface area contributed by atoms with Crippen molar-refractivity contribution >= 4 is 46.2 Å². The van der Waals surface area contributed by atoms with Crippen LogP contribution in [0.1, 0.15) is 42.6 Å². The molecule has 1 heterocycles. The Morgan fingerprint density at radius 2 is 1.76 bits per heavy atom.